The molecule has 2 atom stereocenters. The van der Waals surface area contributed by atoms with Gasteiger partial charge in [-0.25, -0.2) is 0 Å². The van der Waals surface area contributed by atoms with E-state index in [1.807, 2.05) is 0 Å². The maximum absolute atomic E-state index is 12.2. The highest BCUT2D eigenvalue weighted by atomic mass is 16.6. The molecule has 0 spiro atoms. The number of non-ortho nitro benzene ring substituents is 1. The van der Waals surface area contributed by atoms with Crippen LogP contribution in [0.2, 0.25) is 0 Å². The second kappa shape index (κ2) is 5.20. The van der Waals surface area contributed by atoms with E-state index in [4.69, 9.17) is 4.74 Å². The van der Waals surface area contributed by atoms with E-state index in [1.165, 1.54) is 28.8 Å². The lowest BCUT2D eigenvalue weighted by Crippen LogP contribution is -2.52. The number of nitro benzene ring substituents is 1. The van der Waals surface area contributed by atoms with Crippen molar-refractivity contribution in [1.82, 2.24) is 4.57 Å². The average molecular weight is 316 g/mol. The molecule has 1 aliphatic rings. The van der Waals surface area contributed by atoms with Crippen LogP contribution in [0.5, 0.6) is 5.75 Å². The van der Waals surface area contributed by atoms with E-state index in [1.54, 1.807) is 32.2 Å². The lowest BCUT2D eigenvalue weighted by molar-refractivity contribution is -0.385. The maximum atomic E-state index is 12.2. The predicted molar refractivity (Wildman–Crippen MR) is 82.7 cm³/mol. The van der Waals surface area contributed by atoms with E-state index in [-0.39, 0.29) is 11.2 Å². The van der Waals surface area contributed by atoms with Gasteiger partial charge in [0, 0.05) is 30.0 Å². The third-order valence-corrected chi connectivity index (χ3v) is 4.06. The minimum absolute atomic E-state index is 0.117. The fraction of sp³-hybridized carbons (Fsp3) is 0.312. The van der Waals surface area contributed by atoms with Crippen LogP contribution in [0.3, 0.4) is 0 Å². The summed E-state index contributed by atoms with van der Waals surface area (Å²) in [5.74, 6) is 0.423. The Morgan fingerprint density at radius 1 is 1.30 bits per heavy atom. The molecule has 0 saturated heterocycles. The van der Waals surface area contributed by atoms with Gasteiger partial charge < -0.3 is 14.4 Å². The number of hydrogen-bond donors (Lipinski definition) is 1. The fourth-order valence-corrected chi connectivity index (χ4v) is 2.84. The molecule has 7 heteroatoms. The van der Waals surface area contributed by atoms with Crippen LogP contribution in [0.15, 0.2) is 47.4 Å². The molecule has 0 fully saturated rings. The van der Waals surface area contributed by atoms with Crippen LogP contribution in [0.4, 0.5) is 5.69 Å². The molecule has 120 valence electrons. The van der Waals surface area contributed by atoms with Crippen molar-refractivity contribution >= 4 is 5.69 Å². The Balaban J connectivity index is 2.25. The molecule has 2 heterocycles. The van der Waals surface area contributed by atoms with Crippen LogP contribution < -0.4 is 10.3 Å². The number of nitro groups is 1. The zero-order chi connectivity index (χ0) is 16.8. The Bertz CT molecular complexity index is 827. The summed E-state index contributed by atoms with van der Waals surface area (Å²) in [5.41, 5.74) is -0.942. The molecule has 0 saturated carbocycles. The number of fused-ring (bicyclic) bond motifs is 1. The molecule has 7 nitrogen and oxygen atoms in total. The molecule has 1 N–H and O–H groups in total. The molecular weight excluding hydrogens is 300 g/mol. The molecule has 23 heavy (non-hydrogen) atoms. The van der Waals surface area contributed by atoms with Crippen molar-refractivity contribution in [3.05, 3.63) is 68.6 Å². The SMILES string of the molecule is CC1(C)Oc2ccc([N+](=O)[O-])cc2[C@H](n2ccccc2=O)[C@H]1O. The number of nitrogens with zero attached hydrogens (tertiary/aromatic N) is 2. The van der Waals surface area contributed by atoms with Gasteiger partial charge in [-0.3, -0.25) is 14.9 Å². The molecule has 0 amide bonds. The fourth-order valence-electron chi connectivity index (χ4n) is 2.84. The summed E-state index contributed by atoms with van der Waals surface area (Å²) in [5, 5.41) is 21.7. The normalized spacial score (nSPS) is 22.0. The number of pyridine rings is 1. The molecule has 0 bridgehead atoms. The van der Waals surface area contributed by atoms with Gasteiger partial charge in [-0.15, -0.1) is 0 Å². The van der Waals surface area contributed by atoms with Crippen LogP contribution in [0.25, 0.3) is 0 Å². The average Bonchev–Trinajstić information content (AvgIpc) is 2.49. The molecule has 0 unspecified atom stereocenters. The Morgan fingerprint density at radius 2 is 2.04 bits per heavy atom. The Morgan fingerprint density at radius 3 is 2.70 bits per heavy atom. The topological polar surface area (TPSA) is 94.6 Å². The van der Waals surface area contributed by atoms with Crippen molar-refractivity contribution in [3.8, 4) is 5.75 Å². The second-order valence-corrected chi connectivity index (χ2v) is 6.02. The minimum Gasteiger partial charge on any atom is -0.485 e. The second-order valence-electron chi connectivity index (χ2n) is 6.02. The van der Waals surface area contributed by atoms with Crippen molar-refractivity contribution in [2.45, 2.75) is 31.6 Å². The van der Waals surface area contributed by atoms with E-state index in [9.17, 15) is 20.0 Å². The summed E-state index contributed by atoms with van der Waals surface area (Å²) in [6.45, 7) is 3.42. The zero-order valence-electron chi connectivity index (χ0n) is 12.7. The lowest BCUT2D eigenvalue weighted by Gasteiger charge is -2.42. The summed E-state index contributed by atoms with van der Waals surface area (Å²) < 4.78 is 7.14. The van der Waals surface area contributed by atoms with Gasteiger partial charge >= 0.3 is 0 Å². The van der Waals surface area contributed by atoms with Gasteiger partial charge in [-0.05, 0) is 26.0 Å². The van der Waals surface area contributed by atoms with Gasteiger partial charge in [0.15, 0.2) is 0 Å². The highest BCUT2D eigenvalue weighted by molar-refractivity contribution is 5.48. The minimum atomic E-state index is -1.04. The van der Waals surface area contributed by atoms with Gasteiger partial charge in [0.1, 0.15) is 17.5 Å². The number of aromatic nitrogens is 1. The van der Waals surface area contributed by atoms with Gasteiger partial charge in [0.05, 0.1) is 11.0 Å². The van der Waals surface area contributed by atoms with Crippen LogP contribution in [0, 0.1) is 10.1 Å². The third kappa shape index (κ3) is 2.49. The van der Waals surface area contributed by atoms with Crippen molar-refractivity contribution in [2.75, 3.05) is 0 Å². The maximum Gasteiger partial charge on any atom is 0.270 e. The first kappa shape index (κ1) is 15.2. The Labute approximate surface area is 131 Å². The number of rotatable bonds is 2. The molecule has 1 aromatic heterocycles. The van der Waals surface area contributed by atoms with Gasteiger partial charge in [-0.1, -0.05) is 6.07 Å². The van der Waals surface area contributed by atoms with Crippen LogP contribution >= 0.6 is 0 Å². The van der Waals surface area contributed by atoms with Crippen LogP contribution in [-0.2, 0) is 0 Å². The number of aliphatic hydroxyl groups is 1. The summed E-state index contributed by atoms with van der Waals surface area (Å²) in [4.78, 5) is 22.7. The van der Waals surface area contributed by atoms with E-state index in [0.717, 1.165) is 0 Å². The van der Waals surface area contributed by atoms with E-state index in [2.05, 4.69) is 0 Å². The summed E-state index contributed by atoms with van der Waals surface area (Å²) in [6, 6.07) is 8.09. The van der Waals surface area contributed by atoms with Crippen LogP contribution in [0.1, 0.15) is 25.5 Å². The molecule has 2 aromatic rings. The van der Waals surface area contributed by atoms with Gasteiger partial charge in [0.2, 0.25) is 0 Å². The van der Waals surface area contributed by atoms with Crippen LogP contribution in [-0.4, -0.2) is 26.3 Å². The van der Waals surface area contributed by atoms with E-state index >= 15 is 0 Å². The Hall–Kier alpha value is -2.67. The summed E-state index contributed by atoms with van der Waals surface area (Å²) in [6.07, 6.45) is 0.511. The standard InChI is InChI=1S/C16H16N2O5/c1-16(2)15(20)14(17-8-4-3-5-13(17)19)11-9-10(18(21)22)6-7-12(11)23-16/h3-9,14-15,20H,1-2H3/t14-,15+/m0/s1. The zero-order valence-corrected chi connectivity index (χ0v) is 12.7. The third-order valence-electron chi connectivity index (χ3n) is 4.06. The Kier molecular flexibility index (Phi) is 3.45. The van der Waals surface area contributed by atoms with E-state index in [0.29, 0.717) is 11.3 Å². The first-order valence-corrected chi connectivity index (χ1v) is 7.14. The monoisotopic (exact) mass is 316 g/mol. The van der Waals surface area contributed by atoms with Crippen molar-refractivity contribution in [1.29, 1.82) is 0 Å². The molecule has 1 aromatic carbocycles. The molecule has 0 radical (unpaired) electrons. The number of hydrogen-bond acceptors (Lipinski definition) is 5. The van der Waals surface area contributed by atoms with Gasteiger partial charge in [0.25, 0.3) is 11.2 Å². The quantitative estimate of drug-likeness (QED) is 0.674. The summed E-state index contributed by atoms with van der Waals surface area (Å²) >= 11 is 0. The first-order valence-electron chi connectivity index (χ1n) is 7.14. The van der Waals surface area contributed by atoms with Gasteiger partial charge in [-0.2, -0.15) is 0 Å². The van der Waals surface area contributed by atoms with Crippen molar-refractivity contribution in [3.63, 3.8) is 0 Å². The number of aliphatic hydroxyl groups excluding tert-OH is 1. The number of benzene rings is 1. The summed E-state index contributed by atoms with van der Waals surface area (Å²) in [7, 11) is 0. The first-order chi connectivity index (χ1) is 10.8. The van der Waals surface area contributed by atoms with Crippen molar-refractivity contribution in [2.24, 2.45) is 0 Å². The number of ether oxygens (including phenoxy) is 1. The lowest BCUT2D eigenvalue weighted by atomic mass is 9.86. The predicted octanol–water partition coefficient (Wildman–Crippen LogP) is 1.88. The molecular formula is C16H16N2O5. The molecule has 3 rings (SSSR count). The highest BCUT2D eigenvalue weighted by Crippen LogP contribution is 2.42. The smallest absolute Gasteiger partial charge is 0.270 e. The largest absolute Gasteiger partial charge is 0.485 e. The van der Waals surface area contributed by atoms with E-state index < -0.39 is 22.7 Å². The van der Waals surface area contributed by atoms with Crippen molar-refractivity contribution < 1.29 is 14.8 Å². The highest BCUT2D eigenvalue weighted by Gasteiger charge is 2.44. The molecule has 0 aliphatic carbocycles. The molecule has 1 aliphatic heterocycles.